The van der Waals surface area contributed by atoms with Crippen LogP contribution >= 0.6 is 11.6 Å². The van der Waals surface area contributed by atoms with Crippen LogP contribution in [0.1, 0.15) is 11.5 Å². The number of halogens is 1. The molecule has 5 nitrogen and oxygen atoms in total. The lowest BCUT2D eigenvalue weighted by atomic mass is 10.3. The van der Waals surface area contributed by atoms with E-state index in [1.165, 1.54) is 0 Å². The first kappa shape index (κ1) is 11.1. The molecular weight excluding hydrogens is 252 g/mol. The van der Waals surface area contributed by atoms with Gasteiger partial charge in [-0.2, -0.15) is 0 Å². The van der Waals surface area contributed by atoms with E-state index in [2.05, 4.69) is 10.1 Å². The maximum atomic E-state index is 6.08. The summed E-state index contributed by atoms with van der Waals surface area (Å²) in [7, 11) is 0. The van der Waals surface area contributed by atoms with Gasteiger partial charge < -0.3 is 14.8 Å². The van der Waals surface area contributed by atoms with Gasteiger partial charge in [0.05, 0.1) is 22.8 Å². The van der Waals surface area contributed by atoms with Crippen LogP contribution in [-0.4, -0.2) is 14.7 Å². The van der Waals surface area contributed by atoms with E-state index in [1.54, 1.807) is 6.07 Å². The number of para-hydroxylation sites is 1. The Balaban J connectivity index is 2.11. The molecule has 0 aliphatic carbocycles. The fraction of sp³-hybridized carbons (Fsp3) is 0.167. The number of rotatable bonds is 2. The highest BCUT2D eigenvalue weighted by Gasteiger charge is 2.12. The fourth-order valence-corrected chi connectivity index (χ4v) is 2.16. The van der Waals surface area contributed by atoms with Crippen molar-refractivity contribution in [2.45, 2.75) is 13.5 Å². The first-order valence-electron chi connectivity index (χ1n) is 5.47. The van der Waals surface area contributed by atoms with E-state index < -0.39 is 0 Å². The van der Waals surface area contributed by atoms with Crippen molar-refractivity contribution in [1.82, 2.24) is 14.7 Å². The van der Waals surface area contributed by atoms with Crippen molar-refractivity contribution < 1.29 is 4.52 Å². The number of nitrogens with zero attached hydrogens (tertiary/aromatic N) is 3. The summed E-state index contributed by atoms with van der Waals surface area (Å²) in [5.74, 6) is 1.14. The molecule has 2 aromatic heterocycles. The molecule has 2 heterocycles. The minimum atomic E-state index is 0.409. The largest absolute Gasteiger partial charge is 0.369 e. The van der Waals surface area contributed by atoms with Gasteiger partial charge in [-0.1, -0.05) is 22.8 Å². The van der Waals surface area contributed by atoms with Crippen molar-refractivity contribution >= 4 is 28.6 Å². The number of imidazole rings is 1. The topological polar surface area (TPSA) is 69.9 Å². The quantitative estimate of drug-likeness (QED) is 0.771. The number of fused-ring (bicyclic) bond motifs is 1. The van der Waals surface area contributed by atoms with Gasteiger partial charge in [-0.25, -0.2) is 4.98 Å². The Morgan fingerprint density at radius 2 is 2.28 bits per heavy atom. The minimum Gasteiger partial charge on any atom is -0.369 e. The summed E-state index contributed by atoms with van der Waals surface area (Å²) < 4.78 is 7.03. The molecule has 0 atom stereocenters. The Morgan fingerprint density at radius 1 is 1.44 bits per heavy atom. The third kappa shape index (κ3) is 1.73. The van der Waals surface area contributed by atoms with Gasteiger partial charge in [-0.15, -0.1) is 0 Å². The highest BCUT2D eigenvalue weighted by Crippen LogP contribution is 2.25. The zero-order valence-corrected chi connectivity index (χ0v) is 10.5. The molecule has 3 rings (SSSR count). The predicted molar refractivity (Wildman–Crippen MR) is 69.5 cm³/mol. The molecule has 3 aromatic rings. The van der Waals surface area contributed by atoms with Crippen molar-refractivity contribution in [2.24, 2.45) is 0 Å². The Kier molecular flexibility index (Phi) is 2.48. The summed E-state index contributed by atoms with van der Waals surface area (Å²) in [4.78, 5) is 4.26. The summed E-state index contributed by atoms with van der Waals surface area (Å²) in [5, 5.41) is 4.44. The zero-order chi connectivity index (χ0) is 12.7. The van der Waals surface area contributed by atoms with Gasteiger partial charge in [0.25, 0.3) is 0 Å². The number of hydrogen-bond donors (Lipinski definition) is 1. The van der Waals surface area contributed by atoms with Crippen molar-refractivity contribution in [3.63, 3.8) is 0 Å². The second-order valence-corrected chi connectivity index (χ2v) is 4.51. The van der Waals surface area contributed by atoms with Crippen LogP contribution in [0.5, 0.6) is 0 Å². The van der Waals surface area contributed by atoms with Gasteiger partial charge >= 0.3 is 0 Å². The number of nitrogen functional groups attached to an aromatic ring is 1. The van der Waals surface area contributed by atoms with E-state index in [4.69, 9.17) is 21.9 Å². The Labute approximate surface area is 108 Å². The number of benzene rings is 1. The number of hydrogen-bond acceptors (Lipinski definition) is 4. The Hall–Kier alpha value is -2.01. The third-order valence-corrected chi connectivity index (χ3v) is 3.05. The van der Waals surface area contributed by atoms with Crippen molar-refractivity contribution in [3.8, 4) is 0 Å². The molecule has 6 heteroatoms. The van der Waals surface area contributed by atoms with Gasteiger partial charge in [0.15, 0.2) is 5.76 Å². The molecule has 0 spiro atoms. The fourth-order valence-electron chi connectivity index (χ4n) is 1.94. The number of anilines is 1. The lowest BCUT2D eigenvalue weighted by Crippen LogP contribution is -2.03. The molecule has 1 aromatic carbocycles. The molecule has 18 heavy (non-hydrogen) atoms. The van der Waals surface area contributed by atoms with Crippen LogP contribution in [0.3, 0.4) is 0 Å². The molecule has 0 aliphatic rings. The first-order valence-corrected chi connectivity index (χ1v) is 5.85. The maximum absolute atomic E-state index is 6.08. The van der Waals surface area contributed by atoms with Crippen LogP contribution in [-0.2, 0) is 6.54 Å². The number of aromatic nitrogens is 3. The monoisotopic (exact) mass is 262 g/mol. The predicted octanol–water partition coefficient (Wildman–Crippen LogP) is 2.62. The molecule has 0 fully saturated rings. The summed E-state index contributed by atoms with van der Waals surface area (Å²) in [6.45, 7) is 2.36. The molecule has 0 saturated carbocycles. The van der Waals surface area contributed by atoms with Gasteiger partial charge in [-0.3, -0.25) is 0 Å². The molecule has 2 N–H and O–H groups in total. The van der Waals surface area contributed by atoms with E-state index in [9.17, 15) is 0 Å². The summed E-state index contributed by atoms with van der Waals surface area (Å²) in [6.07, 6.45) is 0. The average molecular weight is 263 g/mol. The van der Waals surface area contributed by atoms with E-state index in [0.717, 1.165) is 17.0 Å². The lowest BCUT2D eigenvalue weighted by Gasteiger charge is -2.02. The lowest BCUT2D eigenvalue weighted by molar-refractivity contribution is 0.374. The van der Waals surface area contributed by atoms with Crippen LogP contribution < -0.4 is 5.73 Å². The average Bonchev–Trinajstić information content (AvgIpc) is 2.87. The minimum absolute atomic E-state index is 0.409. The normalized spacial score (nSPS) is 11.2. The zero-order valence-electron chi connectivity index (χ0n) is 9.72. The van der Waals surface area contributed by atoms with Crippen molar-refractivity contribution in [1.29, 1.82) is 0 Å². The van der Waals surface area contributed by atoms with E-state index >= 15 is 0 Å². The van der Waals surface area contributed by atoms with Crippen LogP contribution in [0, 0.1) is 6.92 Å². The van der Waals surface area contributed by atoms with E-state index in [0.29, 0.717) is 23.0 Å². The Bertz CT molecular complexity index is 716. The molecule has 92 valence electrons. The number of aryl methyl sites for hydroxylation is 1. The van der Waals surface area contributed by atoms with Gasteiger partial charge in [0, 0.05) is 6.07 Å². The summed E-state index contributed by atoms with van der Waals surface area (Å²) in [6, 6.07) is 7.46. The Morgan fingerprint density at radius 3 is 3.00 bits per heavy atom. The van der Waals surface area contributed by atoms with Crippen LogP contribution in [0.2, 0.25) is 5.02 Å². The highest BCUT2D eigenvalue weighted by molar-refractivity contribution is 6.35. The smallest absolute Gasteiger partial charge is 0.201 e. The van der Waals surface area contributed by atoms with Crippen LogP contribution in [0.15, 0.2) is 28.8 Å². The van der Waals surface area contributed by atoms with E-state index in [-0.39, 0.29) is 0 Å². The molecular formula is C12H11ClN4O. The third-order valence-electron chi connectivity index (χ3n) is 2.75. The van der Waals surface area contributed by atoms with Crippen molar-refractivity contribution in [3.05, 3.63) is 40.7 Å². The second-order valence-electron chi connectivity index (χ2n) is 4.10. The summed E-state index contributed by atoms with van der Waals surface area (Å²) in [5.41, 5.74) is 8.33. The van der Waals surface area contributed by atoms with Gasteiger partial charge in [0.2, 0.25) is 5.95 Å². The molecule has 0 amide bonds. The molecule has 0 aliphatic heterocycles. The van der Waals surface area contributed by atoms with E-state index in [1.807, 2.05) is 29.7 Å². The van der Waals surface area contributed by atoms with Crippen molar-refractivity contribution in [2.75, 3.05) is 5.73 Å². The maximum Gasteiger partial charge on any atom is 0.201 e. The van der Waals surface area contributed by atoms with Crippen LogP contribution in [0.25, 0.3) is 11.0 Å². The standard InChI is InChI=1S/C12H11ClN4O/c1-7-5-8(18-16-7)6-17-10-4-2-3-9(13)11(10)15-12(17)14/h2-5H,6H2,1H3,(H2,14,15). The molecule has 0 saturated heterocycles. The van der Waals surface area contributed by atoms with Gasteiger partial charge in [0.1, 0.15) is 5.52 Å². The molecule has 0 radical (unpaired) electrons. The molecule has 0 unspecified atom stereocenters. The molecule has 0 bridgehead atoms. The number of nitrogens with two attached hydrogens (primary N) is 1. The highest BCUT2D eigenvalue weighted by atomic mass is 35.5. The van der Waals surface area contributed by atoms with Crippen LogP contribution in [0.4, 0.5) is 5.95 Å². The SMILES string of the molecule is Cc1cc(Cn2c(N)nc3c(Cl)cccc32)on1. The second kappa shape index (κ2) is 4.03. The first-order chi connectivity index (χ1) is 8.65. The summed E-state index contributed by atoms with van der Waals surface area (Å²) >= 11 is 6.08. The van der Waals surface area contributed by atoms with Gasteiger partial charge in [-0.05, 0) is 19.1 Å².